The number of aliphatic carboxylic acids is 1. The Labute approximate surface area is 357 Å². The molecule has 3 aromatic rings. The standard InChI is InChI=1S/C46H61N5O8S/c1-32-26-36(30-60-32)44(54)51-23-25-59-46(31-51)15-19-48(20-16-46)28-34-7-5-6-33(27-34)14-24-57-39-13-18-50(42(39)45(55)56)22-21-49(37-8-3-2-4-9-37)17-12-35-10-11-38(52)41-43(35)58-29-40(53)47-41/h5-7,10-11,26-27,30,37,39,42,52H,2-4,8-9,12-25,28-29,31H2,1H3,(H,47,53)(H,55,56)/t39?,42-/m0/s1. The van der Waals surface area contributed by atoms with Gasteiger partial charge in [-0.05, 0) is 80.7 Å². The van der Waals surface area contributed by atoms with Crippen LogP contribution < -0.4 is 10.1 Å². The van der Waals surface area contributed by atoms with Crippen molar-refractivity contribution >= 4 is 34.8 Å². The number of morpholine rings is 1. The number of benzene rings is 2. The van der Waals surface area contributed by atoms with Crippen molar-refractivity contribution in [2.24, 2.45) is 0 Å². The summed E-state index contributed by atoms with van der Waals surface area (Å²) in [4.78, 5) is 48.0. The van der Waals surface area contributed by atoms with E-state index in [0.717, 1.165) is 74.4 Å². The van der Waals surface area contributed by atoms with Crippen molar-refractivity contribution in [1.82, 2.24) is 19.6 Å². The first-order valence-electron chi connectivity index (χ1n) is 22.0. The predicted molar refractivity (Wildman–Crippen MR) is 230 cm³/mol. The first kappa shape index (κ1) is 42.6. The number of likely N-dealkylation sites (tertiary alicyclic amines) is 2. The largest absolute Gasteiger partial charge is 0.506 e. The molecule has 13 nitrogen and oxygen atoms in total. The topological polar surface area (TPSA) is 144 Å². The van der Waals surface area contributed by atoms with Crippen LogP contribution in [0.2, 0.25) is 0 Å². The molecule has 60 heavy (non-hydrogen) atoms. The van der Waals surface area contributed by atoms with Gasteiger partial charge >= 0.3 is 5.97 Å². The third-order valence-electron chi connectivity index (χ3n) is 13.4. The molecule has 1 spiro atoms. The van der Waals surface area contributed by atoms with Crippen LogP contribution in [0.4, 0.5) is 5.69 Å². The van der Waals surface area contributed by atoms with Crippen LogP contribution >= 0.6 is 11.3 Å². The summed E-state index contributed by atoms with van der Waals surface area (Å²) in [7, 11) is 0. The van der Waals surface area contributed by atoms with Crippen LogP contribution in [0.25, 0.3) is 0 Å². The minimum Gasteiger partial charge on any atom is -0.506 e. The summed E-state index contributed by atoms with van der Waals surface area (Å²) < 4.78 is 18.5. The molecule has 5 heterocycles. The number of ether oxygens (including phenoxy) is 3. The molecular weight excluding hydrogens is 783 g/mol. The number of aromatic hydroxyl groups is 1. The molecule has 0 bridgehead atoms. The zero-order valence-corrected chi connectivity index (χ0v) is 35.8. The molecule has 3 N–H and O–H groups in total. The number of thiophene rings is 1. The molecule has 1 aromatic heterocycles. The monoisotopic (exact) mass is 843 g/mol. The summed E-state index contributed by atoms with van der Waals surface area (Å²) in [5.74, 6) is -0.476. The highest BCUT2D eigenvalue weighted by Gasteiger charge is 2.42. The average Bonchev–Trinajstić information content (AvgIpc) is 3.89. The van der Waals surface area contributed by atoms with Crippen molar-refractivity contribution in [3.05, 3.63) is 75.0 Å². The normalized spacial score (nSPS) is 22.5. The van der Waals surface area contributed by atoms with Gasteiger partial charge in [0.05, 0.1) is 37.0 Å². The Bertz CT molecular complexity index is 1980. The van der Waals surface area contributed by atoms with E-state index in [-0.39, 0.29) is 35.9 Å². The maximum Gasteiger partial charge on any atom is 0.323 e. The number of rotatable bonds is 15. The van der Waals surface area contributed by atoms with Crippen LogP contribution in [-0.2, 0) is 38.4 Å². The third-order valence-corrected chi connectivity index (χ3v) is 14.2. The van der Waals surface area contributed by atoms with Gasteiger partial charge in [0.25, 0.3) is 11.8 Å². The second-order valence-corrected chi connectivity index (χ2v) is 18.5. The molecule has 2 aromatic carbocycles. The summed E-state index contributed by atoms with van der Waals surface area (Å²) in [5.41, 5.74) is 4.21. The van der Waals surface area contributed by atoms with E-state index in [2.05, 4.69) is 44.3 Å². The molecule has 1 saturated carbocycles. The fourth-order valence-corrected chi connectivity index (χ4v) is 10.7. The molecule has 4 fully saturated rings. The second kappa shape index (κ2) is 19.3. The lowest BCUT2D eigenvalue weighted by Gasteiger charge is -2.47. The number of hydrogen-bond acceptors (Lipinski definition) is 11. The SMILES string of the molecule is Cc1cc(C(=O)N2CCOC3(CCN(Cc4cccc(CCOC5CCN(CCN(CCc6ccc(O)c7c6OCC(=O)N7)C6CCCCC6)[C@@H]5C(=O)O)c4)CC3)C2)cs1. The molecule has 8 rings (SSSR count). The molecule has 1 aliphatic carbocycles. The molecule has 2 atom stereocenters. The number of fused-ring (bicyclic) bond motifs is 1. The Balaban J connectivity index is 0.806. The van der Waals surface area contributed by atoms with Gasteiger partial charge in [0.1, 0.15) is 17.5 Å². The van der Waals surface area contributed by atoms with Gasteiger partial charge in [-0.25, -0.2) is 0 Å². The molecular formula is C46H61N5O8S. The summed E-state index contributed by atoms with van der Waals surface area (Å²) >= 11 is 1.62. The second-order valence-electron chi connectivity index (χ2n) is 17.4. The Morgan fingerprint density at radius 2 is 1.82 bits per heavy atom. The van der Waals surface area contributed by atoms with E-state index in [9.17, 15) is 24.6 Å². The zero-order chi connectivity index (χ0) is 41.6. The minimum absolute atomic E-state index is 0.00392. The summed E-state index contributed by atoms with van der Waals surface area (Å²) in [6.07, 6.45) is 9.40. The Morgan fingerprint density at radius 3 is 2.60 bits per heavy atom. The lowest BCUT2D eigenvalue weighted by Crippen LogP contribution is -2.57. The average molecular weight is 844 g/mol. The van der Waals surface area contributed by atoms with Crippen molar-refractivity contribution in [3.8, 4) is 11.5 Å². The van der Waals surface area contributed by atoms with Crippen LogP contribution in [-0.4, -0.2) is 144 Å². The molecule has 14 heteroatoms. The molecule has 1 unspecified atom stereocenters. The van der Waals surface area contributed by atoms with E-state index in [4.69, 9.17) is 14.2 Å². The van der Waals surface area contributed by atoms with Gasteiger partial charge in [0, 0.05) is 68.7 Å². The first-order chi connectivity index (χ1) is 29.1. The predicted octanol–water partition coefficient (Wildman–Crippen LogP) is 5.56. The number of hydrogen-bond donors (Lipinski definition) is 3. The highest BCUT2D eigenvalue weighted by atomic mass is 32.1. The van der Waals surface area contributed by atoms with E-state index < -0.39 is 12.0 Å². The summed E-state index contributed by atoms with van der Waals surface area (Å²) in [6, 6.07) is 13.9. The lowest BCUT2D eigenvalue weighted by molar-refractivity contribution is -0.146. The van der Waals surface area contributed by atoms with Gasteiger partial charge in [0.15, 0.2) is 12.4 Å². The van der Waals surface area contributed by atoms with Crippen molar-refractivity contribution in [2.75, 3.05) is 77.5 Å². The first-order valence-corrected chi connectivity index (χ1v) is 22.9. The van der Waals surface area contributed by atoms with Crippen molar-refractivity contribution in [1.29, 1.82) is 0 Å². The quantitative estimate of drug-likeness (QED) is 0.166. The molecule has 5 aliphatic rings. The van der Waals surface area contributed by atoms with E-state index in [1.165, 1.54) is 30.4 Å². The fraction of sp³-hybridized carbons (Fsp3) is 0.587. The van der Waals surface area contributed by atoms with E-state index in [1.54, 1.807) is 17.4 Å². The number of phenols is 1. The number of carbonyl (C=O) groups is 3. The Kier molecular flexibility index (Phi) is 13.7. The Hall–Kier alpha value is -4.05. The van der Waals surface area contributed by atoms with Crippen molar-refractivity contribution in [2.45, 2.75) is 101 Å². The highest BCUT2D eigenvalue weighted by Crippen LogP contribution is 2.40. The molecule has 324 valence electrons. The Morgan fingerprint density at radius 1 is 1.00 bits per heavy atom. The zero-order valence-electron chi connectivity index (χ0n) is 34.9. The van der Waals surface area contributed by atoms with E-state index in [0.29, 0.717) is 76.1 Å². The van der Waals surface area contributed by atoms with Gasteiger partial charge in [-0.1, -0.05) is 49.6 Å². The van der Waals surface area contributed by atoms with Crippen LogP contribution in [0.5, 0.6) is 11.5 Å². The number of amides is 2. The summed E-state index contributed by atoms with van der Waals surface area (Å²) in [6.45, 7) is 9.81. The number of carboxylic acid groups (broad SMARTS) is 1. The lowest BCUT2D eigenvalue weighted by atomic mass is 9.89. The van der Waals surface area contributed by atoms with Gasteiger partial charge in [-0.15, -0.1) is 11.3 Å². The minimum atomic E-state index is -0.836. The van der Waals surface area contributed by atoms with Crippen LogP contribution in [0.3, 0.4) is 0 Å². The van der Waals surface area contributed by atoms with Crippen molar-refractivity contribution in [3.63, 3.8) is 0 Å². The van der Waals surface area contributed by atoms with Gasteiger partial charge in [-0.2, -0.15) is 0 Å². The van der Waals surface area contributed by atoms with Gasteiger partial charge in [0.2, 0.25) is 0 Å². The van der Waals surface area contributed by atoms with Crippen molar-refractivity contribution < 1.29 is 38.8 Å². The van der Waals surface area contributed by atoms with E-state index in [1.807, 2.05) is 29.3 Å². The summed E-state index contributed by atoms with van der Waals surface area (Å²) in [5, 5.41) is 25.5. The highest BCUT2D eigenvalue weighted by molar-refractivity contribution is 7.10. The molecule has 2 amide bonds. The van der Waals surface area contributed by atoms with E-state index >= 15 is 0 Å². The number of piperidine rings is 1. The van der Waals surface area contributed by atoms with Gasteiger partial charge in [-0.3, -0.25) is 29.1 Å². The number of phenolic OH excluding ortho intramolecular Hbond substituents is 1. The number of anilines is 1. The number of nitrogens with zero attached hydrogens (tertiary/aromatic N) is 4. The van der Waals surface area contributed by atoms with Crippen LogP contribution in [0, 0.1) is 6.92 Å². The molecule has 4 aliphatic heterocycles. The number of nitrogens with one attached hydrogen (secondary N) is 1. The number of carbonyl (C=O) groups excluding carboxylic acids is 2. The molecule has 0 radical (unpaired) electrons. The van der Waals surface area contributed by atoms with Crippen LogP contribution in [0.1, 0.15) is 83.3 Å². The number of aryl methyl sites for hydroxylation is 1. The molecule has 3 saturated heterocycles. The smallest absolute Gasteiger partial charge is 0.323 e. The maximum atomic E-state index is 13.2. The van der Waals surface area contributed by atoms with Crippen LogP contribution in [0.15, 0.2) is 47.8 Å². The fourth-order valence-electron chi connectivity index (χ4n) is 10.1. The third kappa shape index (κ3) is 10.2. The number of carboxylic acids is 1. The maximum absolute atomic E-state index is 13.2. The van der Waals surface area contributed by atoms with Gasteiger partial charge < -0.3 is 34.6 Å².